The van der Waals surface area contributed by atoms with Crippen LogP contribution in [0.2, 0.25) is 0 Å². The van der Waals surface area contributed by atoms with Crippen molar-refractivity contribution in [3.63, 3.8) is 0 Å². The maximum atomic E-state index is 13.6. The fourth-order valence-electron chi connectivity index (χ4n) is 4.09. The number of benzene rings is 1. The Balaban J connectivity index is 1.41. The highest BCUT2D eigenvalue weighted by molar-refractivity contribution is 5.77. The average molecular weight is 463 g/mol. The van der Waals surface area contributed by atoms with Gasteiger partial charge in [0.25, 0.3) is 0 Å². The highest BCUT2D eigenvalue weighted by Crippen LogP contribution is 2.28. The molecule has 178 valence electrons. The molecule has 0 aliphatic carbocycles. The Morgan fingerprint density at radius 3 is 2.59 bits per heavy atom. The van der Waals surface area contributed by atoms with E-state index in [0.29, 0.717) is 31.7 Å². The van der Waals surface area contributed by atoms with Crippen molar-refractivity contribution in [2.24, 2.45) is 4.99 Å². The second-order valence-corrected chi connectivity index (χ2v) is 8.74. The number of aryl methyl sites for hydroxylation is 3. The summed E-state index contributed by atoms with van der Waals surface area (Å²) in [5.41, 5.74) is 5.00. The highest BCUT2D eigenvalue weighted by Gasteiger charge is 2.24. The van der Waals surface area contributed by atoms with Crippen molar-refractivity contribution in [2.75, 3.05) is 31.1 Å². The molecule has 1 aliphatic rings. The number of carbonyl (C=O) groups is 1. The largest absolute Gasteiger partial charge is 0.351 e. The van der Waals surface area contributed by atoms with E-state index >= 15 is 0 Å². The molecule has 1 saturated heterocycles. The molecule has 0 unspecified atom stereocenters. The highest BCUT2D eigenvalue weighted by atomic mass is 19.1. The van der Waals surface area contributed by atoms with Crippen molar-refractivity contribution in [1.29, 1.82) is 0 Å². The molecule has 1 aromatic carbocycles. The van der Waals surface area contributed by atoms with Gasteiger partial charge in [-0.2, -0.15) is 5.10 Å². The van der Waals surface area contributed by atoms with E-state index in [9.17, 15) is 9.18 Å². The molecule has 3 aromatic rings. The van der Waals surface area contributed by atoms with Gasteiger partial charge in [-0.1, -0.05) is 6.92 Å². The third-order valence-electron chi connectivity index (χ3n) is 6.05. The summed E-state index contributed by atoms with van der Waals surface area (Å²) in [6, 6.07) is 8.92. The van der Waals surface area contributed by atoms with Crippen LogP contribution in [0.25, 0.3) is 11.3 Å². The van der Waals surface area contributed by atoms with Crippen molar-refractivity contribution >= 4 is 23.6 Å². The van der Waals surface area contributed by atoms with E-state index in [-0.39, 0.29) is 18.3 Å². The van der Waals surface area contributed by atoms with Gasteiger partial charge in [0.1, 0.15) is 18.0 Å². The Morgan fingerprint density at radius 1 is 1.12 bits per heavy atom. The lowest BCUT2D eigenvalue weighted by atomic mass is 10.1. The topological polar surface area (TPSA) is 66.6 Å². The summed E-state index contributed by atoms with van der Waals surface area (Å²) in [5.74, 6) is 0.665. The summed E-state index contributed by atoms with van der Waals surface area (Å²) >= 11 is 0. The molecule has 8 heteroatoms. The Labute approximate surface area is 199 Å². The molecular weight excluding hydrogens is 431 g/mol. The van der Waals surface area contributed by atoms with Gasteiger partial charge in [0, 0.05) is 49.8 Å². The summed E-state index contributed by atoms with van der Waals surface area (Å²) in [6.07, 6.45) is 4.62. The van der Waals surface area contributed by atoms with Gasteiger partial charge >= 0.3 is 0 Å². The summed E-state index contributed by atoms with van der Waals surface area (Å²) < 4.78 is 15.3. The molecule has 4 rings (SSSR count). The first-order valence-electron chi connectivity index (χ1n) is 11.7. The first-order valence-corrected chi connectivity index (χ1v) is 11.7. The number of nitrogens with zero attached hydrogens (tertiary/aromatic N) is 6. The van der Waals surface area contributed by atoms with E-state index in [1.54, 1.807) is 23.7 Å². The number of amides is 1. The minimum Gasteiger partial charge on any atom is -0.351 e. The zero-order valence-electron chi connectivity index (χ0n) is 20.3. The van der Waals surface area contributed by atoms with Crippen LogP contribution >= 0.6 is 0 Å². The first-order chi connectivity index (χ1) is 16.4. The van der Waals surface area contributed by atoms with E-state index in [0.717, 1.165) is 40.4 Å². The molecule has 2 aromatic heterocycles. The average Bonchev–Trinajstić information content (AvgIpc) is 3.19. The molecule has 0 radical (unpaired) electrons. The summed E-state index contributed by atoms with van der Waals surface area (Å²) in [7, 11) is 0. The van der Waals surface area contributed by atoms with Gasteiger partial charge in [0.15, 0.2) is 5.82 Å². The number of aromatic nitrogens is 3. The predicted octanol–water partition coefficient (Wildman–Crippen LogP) is 4.47. The Hall–Kier alpha value is -3.55. The predicted molar refractivity (Wildman–Crippen MR) is 133 cm³/mol. The lowest BCUT2D eigenvalue weighted by Gasteiger charge is -2.36. The summed E-state index contributed by atoms with van der Waals surface area (Å²) in [5, 5.41) is 4.61. The molecule has 0 atom stereocenters. The van der Waals surface area contributed by atoms with E-state index in [4.69, 9.17) is 0 Å². The number of rotatable bonds is 6. The van der Waals surface area contributed by atoms with Crippen molar-refractivity contribution in [2.45, 2.75) is 40.7 Å². The standard InChI is InChI=1S/C26H31FN6O/c1-5-8-28-24-13-18(2)16-29-26(24)32-11-9-31(10-12-32)25(34)17-33-20(4)15-23(30-33)21-6-7-22(27)19(3)14-21/h6-8,13-16H,5,9-12,17H2,1-4H3. The number of halogens is 1. The van der Waals surface area contributed by atoms with Crippen LogP contribution in [-0.2, 0) is 11.3 Å². The quantitative estimate of drug-likeness (QED) is 0.507. The number of aliphatic imine (C=N–C) groups is 1. The molecule has 1 fully saturated rings. The smallest absolute Gasteiger partial charge is 0.244 e. The van der Waals surface area contributed by atoms with Crippen molar-refractivity contribution in [3.05, 3.63) is 59.2 Å². The lowest BCUT2D eigenvalue weighted by Crippen LogP contribution is -2.50. The van der Waals surface area contributed by atoms with Crippen LogP contribution in [0, 0.1) is 26.6 Å². The zero-order chi connectivity index (χ0) is 24.2. The molecule has 34 heavy (non-hydrogen) atoms. The van der Waals surface area contributed by atoms with Crippen LogP contribution in [-0.4, -0.2) is 58.0 Å². The van der Waals surface area contributed by atoms with E-state index in [1.807, 2.05) is 43.3 Å². The SMILES string of the molecule is CCC=Nc1cc(C)cnc1N1CCN(C(=O)Cn2nc(-c3ccc(F)c(C)c3)cc2C)CC1. The molecule has 0 saturated carbocycles. The molecule has 0 bridgehead atoms. The van der Waals surface area contributed by atoms with Gasteiger partial charge in [-0.05, 0) is 68.7 Å². The number of piperazine rings is 1. The Bertz CT molecular complexity index is 1210. The van der Waals surface area contributed by atoms with Gasteiger partial charge < -0.3 is 9.80 Å². The van der Waals surface area contributed by atoms with Crippen LogP contribution in [0.15, 0.2) is 41.5 Å². The van der Waals surface area contributed by atoms with Crippen molar-refractivity contribution < 1.29 is 9.18 Å². The third-order valence-corrected chi connectivity index (χ3v) is 6.05. The molecule has 0 N–H and O–H groups in total. The first kappa shape index (κ1) is 23.6. The minimum atomic E-state index is -0.237. The van der Waals surface area contributed by atoms with E-state index < -0.39 is 0 Å². The van der Waals surface area contributed by atoms with Gasteiger partial charge in [-0.3, -0.25) is 14.5 Å². The monoisotopic (exact) mass is 462 g/mol. The fraction of sp³-hybridized carbons (Fsp3) is 0.385. The van der Waals surface area contributed by atoms with E-state index in [2.05, 4.69) is 26.9 Å². The van der Waals surface area contributed by atoms with E-state index in [1.165, 1.54) is 6.07 Å². The van der Waals surface area contributed by atoms with Crippen LogP contribution in [0.3, 0.4) is 0 Å². The number of pyridine rings is 1. The second-order valence-electron chi connectivity index (χ2n) is 8.74. The van der Waals surface area contributed by atoms with Gasteiger partial charge in [-0.15, -0.1) is 0 Å². The van der Waals surface area contributed by atoms with Crippen LogP contribution in [0.1, 0.15) is 30.2 Å². The molecular formula is C26H31FN6O. The Morgan fingerprint density at radius 2 is 1.88 bits per heavy atom. The fourth-order valence-corrected chi connectivity index (χ4v) is 4.09. The maximum absolute atomic E-state index is 13.6. The molecule has 7 nitrogen and oxygen atoms in total. The van der Waals surface area contributed by atoms with Crippen LogP contribution in [0.4, 0.5) is 15.9 Å². The van der Waals surface area contributed by atoms with Crippen LogP contribution < -0.4 is 4.90 Å². The zero-order valence-corrected chi connectivity index (χ0v) is 20.3. The molecule has 0 spiro atoms. The van der Waals surface area contributed by atoms with Crippen molar-refractivity contribution in [1.82, 2.24) is 19.7 Å². The molecule has 1 aliphatic heterocycles. The maximum Gasteiger partial charge on any atom is 0.244 e. The van der Waals surface area contributed by atoms with Crippen LogP contribution in [0.5, 0.6) is 0 Å². The minimum absolute atomic E-state index is 0.0359. The number of hydrogen-bond acceptors (Lipinski definition) is 5. The second kappa shape index (κ2) is 10.2. The van der Waals surface area contributed by atoms with Gasteiger partial charge in [0.05, 0.1) is 5.69 Å². The number of anilines is 1. The summed E-state index contributed by atoms with van der Waals surface area (Å²) in [4.78, 5) is 26.3. The Kier molecular flexibility index (Phi) is 7.05. The van der Waals surface area contributed by atoms with Gasteiger partial charge in [-0.25, -0.2) is 9.37 Å². The molecule has 3 heterocycles. The number of hydrogen-bond donors (Lipinski definition) is 0. The number of carbonyl (C=O) groups excluding carboxylic acids is 1. The third kappa shape index (κ3) is 5.16. The molecule has 1 amide bonds. The lowest BCUT2D eigenvalue weighted by molar-refractivity contribution is -0.132. The van der Waals surface area contributed by atoms with Gasteiger partial charge in [0.2, 0.25) is 5.91 Å². The van der Waals surface area contributed by atoms with Crippen molar-refractivity contribution in [3.8, 4) is 11.3 Å². The normalized spacial score (nSPS) is 14.3. The summed E-state index contributed by atoms with van der Waals surface area (Å²) in [6.45, 7) is 10.6.